The minimum atomic E-state index is -0.389. The Morgan fingerprint density at radius 1 is 1.08 bits per heavy atom. The number of anilines is 1. The molecule has 0 unspecified atom stereocenters. The largest absolute Gasteiger partial charge is 0.481 e. The summed E-state index contributed by atoms with van der Waals surface area (Å²) >= 11 is 6.76. The minimum absolute atomic E-state index is 0.119. The first kappa shape index (κ1) is 20.2. The zero-order valence-corrected chi connectivity index (χ0v) is 17.2. The Labute approximate surface area is 168 Å². The Balaban J connectivity index is 1.88. The molecular formula is C19H17Br2NO4. The highest BCUT2D eigenvalue weighted by Crippen LogP contribution is 2.32. The molecule has 1 amide bonds. The van der Waals surface area contributed by atoms with Crippen molar-refractivity contribution in [1.29, 1.82) is 0 Å². The number of ether oxygens (including phenoxy) is 2. The maximum atomic E-state index is 12.0. The second kappa shape index (κ2) is 10.1. The van der Waals surface area contributed by atoms with Crippen LogP contribution in [0.4, 0.5) is 5.69 Å². The molecule has 2 aromatic carbocycles. The van der Waals surface area contributed by atoms with Gasteiger partial charge in [0.15, 0.2) is 6.61 Å². The average molecular weight is 483 g/mol. The lowest BCUT2D eigenvalue weighted by Gasteiger charge is -2.10. The van der Waals surface area contributed by atoms with Crippen LogP contribution < -0.4 is 10.1 Å². The summed E-state index contributed by atoms with van der Waals surface area (Å²) in [6.07, 6.45) is 3.01. The van der Waals surface area contributed by atoms with Gasteiger partial charge >= 0.3 is 5.97 Å². The van der Waals surface area contributed by atoms with Crippen molar-refractivity contribution in [3.63, 3.8) is 0 Å². The summed E-state index contributed by atoms with van der Waals surface area (Å²) in [5.41, 5.74) is 1.46. The molecular weight excluding hydrogens is 466 g/mol. The van der Waals surface area contributed by atoms with Crippen LogP contribution in [0.3, 0.4) is 0 Å². The number of amides is 1. The summed E-state index contributed by atoms with van der Waals surface area (Å²) in [4.78, 5) is 23.3. The van der Waals surface area contributed by atoms with Gasteiger partial charge in [-0.05, 0) is 74.7 Å². The van der Waals surface area contributed by atoms with E-state index in [-0.39, 0.29) is 18.5 Å². The number of nitrogens with one attached hydrogen (secondary N) is 1. The summed E-state index contributed by atoms with van der Waals surface area (Å²) in [6, 6.07) is 12.6. The van der Waals surface area contributed by atoms with Crippen molar-refractivity contribution in [2.75, 3.05) is 18.5 Å². The van der Waals surface area contributed by atoms with Crippen LogP contribution in [0.2, 0.25) is 0 Å². The third-order valence-corrected chi connectivity index (χ3v) is 4.41. The van der Waals surface area contributed by atoms with Crippen LogP contribution in [0.5, 0.6) is 5.75 Å². The van der Waals surface area contributed by atoms with Crippen LogP contribution in [-0.4, -0.2) is 25.1 Å². The van der Waals surface area contributed by atoms with E-state index in [1.165, 1.54) is 6.08 Å². The van der Waals surface area contributed by atoms with Gasteiger partial charge in [0.25, 0.3) is 5.91 Å². The van der Waals surface area contributed by atoms with Crippen molar-refractivity contribution in [2.24, 2.45) is 0 Å². The minimum Gasteiger partial charge on any atom is -0.481 e. The molecule has 0 aromatic heterocycles. The average Bonchev–Trinajstić information content (AvgIpc) is 2.61. The monoisotopic (exact) mass is 481 g/mol. The van der Waals surface area contributed by atoms with E-state index in [4.69, 9.17) is 9.47 Å². The molecule has 0 aliphatic carbocycles. The number of hydrogen-bond donors (Lipinski definition) is 1. The topological polar surface area (TPSA) is 64.6 Å². The van der Waals surface area contributed by atoms with Crippen molar-refractivity contribution in [2.45, 2.75) is 6.92 Å². The Morgan fingerprint density at radius 3 is 2.35 bits per heavy atom. The van der Waals surface area contributed by atoms with Gasteiger partial charge in [0, 0.05) is 11.8 Å². The number of halogens is 2. The summed E-state index contributed by atoms with van der Waals surface area (Å²) in [5.74, 6) is -0.0927. The highest BCUT2D eigenvalue weighted by Gasteiger charge is 2.09. The molecule has 0 radical (unpaired) electrons. The Hall–Kier alpha value is -2.12. The van der Waals surface area contributed by atoms with E-state index in [2.05, 4.69) is 37.2 Å². The molecule has 0 fully saturated rings. The molecule has 2 aromatic rings. The van der Waals surface area contributed by atoms with Crippen molar-refractivity contribution >= 4 is 55.5 Å². The van der Waals surface area contributed by atoms with E-state index in [1.807, 2.05) is 18.2 Å². The lowest BCUT2D eigenvalue weighted by atomic mass is 10.2. The molecule has 1 N–H and O–H groups in total. The molecule has 0 bridgehead atoms. The van der Waals surface area contributed by atoms with Gasteiger partial charge in [0.05, 0.1) is 15.6 Å². The number of benzene rings is 2. The van der Waals surface area contributed by atoms with Crippen molar-refractivity contribution in [1.82, 2.24) is 0 Å². The van der Waals surface area contributed by atoms with Crippen LogP contribution in [0, 0.1) is 0 Å². The molecule has 26 heavy (non-hydrogen) atoms. The molecule has 0 aliphatic rings. The van der Waals surface area contributed by atoms with E-state index < -0.39 is 0 Å². The van der Waals surface area contributed by atoms with Crippen LogP contribution >= 0.6 is 31.9 Å². The molecule has 136 valence electrons. The van der Waals surface area contributed by atoms with Crippen molar-refractivity contribution in [3.8, 4) is 5.75 Å². The summed E-state index contributed by atoms with van der Waals surface area (Å²) in [5, 5.41) is 2.75. The van der Waals surface area contributed by atoms with Gasteiger partial charge < -0.3 is 14.8 Å². The van der Waals surface area contributed by atoms with Gasteiger partial charge in [-0.25, -0.2) is 4.79 Å². The summed E-state index contributed by atoms with van der Waals surface area (Å²) < 4.78 is 11.9. The van der Waals surface area contributed by atoms with Crippen LogP contribution in [-0.2, 0) is 14.3 Å². The number of esters is 1. The fourth-order valence-corrected chi connectivity index (χ4v) is 3.21. The van der Waals surface area contributed by atoms with Gasteiger partial charge in [0.2, 0.25) is 0 Å². The number of para-hydroxylation sites is 1. The Morgan fingerprint density at radius 2 is 1.73 bits per heavy atom. The van der Waals surface area contributed by atoms with E-state index >= 15 is 0 Å². The van der Waals surface area contributed by atoms with Gasteiger partial charge in [-0.3, -0.25) is 4.79 Å². The van der Waals surface area contributed by atoms with Gasteiger partial charge in [-0.2, -0.15) is 0 Å². The molecule has 0 heterocycles. The lowest BCUT2D eigenvalue weighted by Crippen LogP contribution is -2.20. The molecule has 5 nitrogen and oxygen atoms in total. The van der Waals surface area contributed by atoms with Crippen LogP contribution in [0.15, 0.2) is 57.5 Å². The predicted octanol–water partition coefficient (Wildman–Crippen LogP) is 4.81. The third kappa shape index (κ3) is 6.31. The number of carbonyl (C=O) groups excluding carboxylic acids is 2. The zero-order valence-electron chi connectivity index (χ0n) is 14.0. The molecule has 0 aliphatic heterocycles. The first-order valence-electron chi connectivity index (χ1n) is 7.81. The maximum Gasteiger partial charge on any atom is 0.330 e. The SMILES string of the molecule is CCOC(=O)/C=C/c1ccc(NC(=O)COc2c(Br)cccc2Br)cc1. The van der Waals surface area contributed by atoms with Gasteiger partial charge in [-0.15, -0.1) is 0 Å². The molecule has 0 atom stereocenters. The van der Waals surface area contributed by atoms with Crippen LogP contribution in [0.1, 0.15) is 12.5 Å². The van der Waals surface area contributed by atoms with Crippen molar-refractivity contribution in [3.05, 3.63) is 63.0 Å². The Bertz CT molecular complexity index is 783. The molecule has 0 spiro atoms. The van der Waals surface area contributed by atoms with Gasteiger partial charge in [0.1, 0.15) is 5.75 Å². The summed E-state index contributed by atoms with van der Waals surface area (Å²) in [7, 11) is 0. The number of hydrogen-bond acceptors (Lipinski definition) is 4. The fraction of sp³-hybridized carbons (Fsp3) is 0.158. The normalized spacial score (nSPS) is 10.6. The zero-order chi connectivity index (χ0) is 18.9. The highest BCUT2D eigenvalue weighted by molar-refractivity contribution is 9.11. The van der Waals surface area contributed by atoms with E-state index in [0.29, 0.717) is 18.0 Å². The fourth-order valence-electron chi connectivity index (χ4n) is 1.99. The Kier molecular flexibility index (Phi) is 7.87. The third-order valence-electron chi connectivity index (χ3n) is 3.16. The maximum absolute atomic E-state index is 12.0. The molecule has 0 saturated carbocycles. The smallest absolute Gasteiger partial charge is 0.330 e. The molecule has 0 saturated heterocycles. The molecule has 7 heteroatoms. The van der Waals surface area contributed by atoms with Gasteiger partial charge in [-0.1, -0.05) is 18.2 Å². The second-order valence-electron chi connectivity index (χ2n) is 5.10. The van der Waals surface area contributed by atoms with Crippen molar-refractivity contribution < 1.29 is 19.1 Å². The first-order valence-corrected chi connectivity index (χ1v) is 9.39. The quantitative estimate of drug-likeness (QED) is 0.454. The van der Waals surface area contributed by atoms with E-state index in [0.717, 1.165) is 14.5 Å². The standard InChI is InChI=1S/C19H17Br2NO4/c1-2-25-18(24)11-8-13-6-9-14(10-7-13)22-17(23)12-26-19-15(20)4-3-5-16(19)21/h3-11H,2,12H2,1H3,(H,22,23)/b11-8+. The summed E-state index contributed by atoms with van der Waals surface area (Å²) in [6.45, 7) is 1.97. The van der Waals surface area contributed by atoms with Crippen LogP contribution in [0.25, 0.3) is 6.08 Å². The lowest BCUT2D eigenvalue weighted by molar-refractivity contribution is -0.137. The highest BCUT2D eigenvalue weighted by atomic mass is 79.9. The second-order valence-corrected chi connectivity index (χ2v) is 6.80. The molecule has 2 rings (SSSR count). The number of carbonyl (C=O) groups is 2. The van der Waals surface area contributed by atoms with E-state index in [9.17, 15) is 9.59 Å². The predicted molar refractivity (Wildman–Crippen MR) is 108 cm³/mol. The number of rotatable bonds is 7. The first-order chi connectivity index (χ1) is 12.5. The van der Waals surface area contributed by atoms with E-state index in [1.54, 1.807) is 37.3 Å².